The Morgan fingerprint density at radius 1 is 1.22 bits per heavy atom. The van der Waals surface area contributed by atoms with Crippen LogP contribution in [-0.2, 0) is 6.42 Å². The summed E-state index contributed by atoms with van der Waals surface area (Å²) in [5.41, 5.74) is 1.42. The summed E-state index contributed by atoms with van der Waals surface area (Å²) < 4.78 is 14.7. The zero-order valence-corrected chi connectivity index (χ0v) is 12.4. The Labute approximate surface area is 121 Å². The third-order valence-electron chi connectivity index (χ3n) is 2.51. The van der Waals surface area contributed by atoms with Crippen molar-refractivity contribution in [3.05, 3.63) is 62.5 Å². The lowest BCUT2D eigenvalue weighted by Gasteiger charge is -2.13. The van der Waals surface area contributed by atoms with Crippen molar-refractivity contribution < 1.29 is 9.50 Å². The molecule has 0 aliphatic heterocycles. The normalized spacial score (nSPS) is 12.4. The van der Waals surface area contributed by atoms with Crippen LogP contribution in [0.3, 0.4) is 0 Å². The van der Waals surface area contributed by atoms with Gasteiger partial charge in [0.2, 0.25) is 0 Å². The van der Waals surface area contributed by atoms with Crippen molar-refractivity contribution in [3.63, 3.8) is 0 Å². The molecule has 5 heteroatoms. The van der Waals surface area contributed by atoms with Gasteiger partial charge in [-0.05, 0) is 51.3 Å². The third kappa shape index (κ3) is 3.37. The maximum Gasteiger partial charge on any atom is 0.123 e. The Kier molecular flexibility index (Phi) is 4.48. The first kappa shape index (κ1) is 13.6. The molecule has 1 aromatic carbocycles. The van der Waals surface area contributed by atoms with E-state index in [0.29, 0.717) is 16.5 Å². The van der Waals surface area contributed by atoms with Crippen molar-refractivity contribution in [3.8, 4) is 0 Å². The maximum atomic E-state index is 13.2. The Bertz CT molecular complexity index is 562. The molecule has 0 saturated carbocycles. The highest BCUT2D eigenvalue weighted by molar-refractivity contribution is 9.10. The quantitative estimate of drug-likeness (QED) is 0.880. The molecule has 0 aliphatic rings. The summed E-state index contributed by atoms with van der Waals surface area (Å²) in [5, 5.41) is 10.1. The molecule has 0 aliphatic carbocycles. The van der Waals surface area contributed by atoms with Crippen LogP contribution < -0.4 is 0 Å². The molecule has 0 saturated heterocycles. The van der Waals surface area contributed by atoms with Gasteiger partial charge in [0.15, 0.2) is 0 Å². The van der Waals surface area contributed by atoms with E-state index in [0.717, 1.165) is 10.0 Å². The number of pyridine rings is 1. The van der Waals surface area contributed by atoms with Crippen LogP contribution in [0.1, 0.15) is 17.2 Å². The number of aromatic nitrogens is 1. The predicted octanol–water partition coefficient (Wildman–Crippen LogP) is 4.02. The van der Waals surface area contributed by atoms with Gasteiger partial charge in [0, 0.05) is 27.8 Å². The smallest absolute Gasteiger partial charge is 0.123 e. The van der Waals surface area contributed by atoms with Crippen molar-refractivity contribution in [2.45, 2.75) is 12.5 Å². The molecule has 1 N–H and O–H groups in total. The lowest BCUT2D eigenvalue weighted by molar-refractivity contribution is 0.177. The molecule has 0 radical (unpaired) electrons. The predicted molar refractivity (Wildman–Crippen MR) is 74.7 cm³/mol. The Morgan fingerprint density at radius 2 is 2.00 bits per heavy atom. The molecule has 2 rings (SSSR count). The summed E-state index contributed by atoms with van der Waals surface area (Å²) in [6.45, 7) is 0. The van der Waals surface area contributed by atoms with Gasteiger partial charge in [0.05, 0.1) is 6.10 Å². The van der Waals surface area contributed by atoms with Crippen LogP contribution in [0.2, 0.25) is 0 Å². The lowest BCUT2D eigenvalue weighted by Crippen LogP contribution is -2.03. The van der Waals surface area contributed by atoms with E-state index in [1.54, 1.807) is 18.5 Å². The van der Waals surface area contributed by atoms with E-state index in [4.69, 9.17) is 0 Å². The molecule has 18 heavy (non-hydrogen) atoms. The van der Waals surface area contributed by atoms with Crippen molar-refractivity contribution >= 4 is 31.9 Å². The lowest BCUT2D eigenvalue weighted by atomic mass is 10.0. The molecule has 0 bridgehead atoms. The van der Waals surface area contributed by atoms with Crippen LogP contribution in [-0.4, -0.2) is 10.1 Å². The highest BCUT2D eigenvalue weighted by Crippen LogP contribution is 2.27. The van der Waals surface area contributed by atoms with Crippen molar-refractivity contribution in [2.75, 3.05) is 0 Å². The zero-order chi connectivity index (χ0) is 13.1. The number of rotatable bonds is 3. The first-order valence-corrected chi connectivity index (χ1v) is 6.87. The number of hydrogen-bond donors (Lipinski definition) is 1. The molecule has 1 atom stereocenters. The minimum absolute atomic E-state index is 0.361. The molecule has 0 fully saturated rings. The molecule has 1 heterocycles. The van der Waals surface area contributed by atoms with Crippen LogP contribution in [0.25, 0.3) is 0 Å². The molecule has 0 amide bonds. The highest BCUT2D eigenvalue weighted by Gasteiger charge is 2.13. The maximum absolute atomic E-state index is 13.2. The molecule has 2 aromatic rings. The SMILES string of the molecule is OC(Cc1cncc(Br)c1)c1cc(F)ccc1Br. The highest BCUT2D eigenvalue weighted by atomic mass is 79.9. The molecule has 1 aromatic heterocycles. The summed E-state index contributed by atoms with van der Waals surface area (Å²) in [7, 11) is 0. The first-order valence-electron chi connectivity index (χ1n) is 5.28. The van der Waals surface area contributed by atoms with Crippen LogP contribution in [0, 0.1) is 5.82 Å². The van der Waals surface area contributed by atoms with Gasteiger partial charge in [-0.2, -0.15) is 0 Å². The number of halogens is 3. The van der Waals surface area contributed by atoms with Gasteiger partial charge >= 0.3 is 0 Å². The van der Waals surface area contributed by atoms with Crippen LogP contribution in [0.15, 0.2) is 45.6 Å². The van der Waals surface area contributed by atoms with Gasteiger partial charge in [-0.25, -0.2) is 4.39 Å². The molecule has 0 spiro atoms. The Morgan fingerprint density at radius 3 is 2.72 bits per heavy atom. The fourth-order valence-corrected chi connectivity index (χ4v) is 2.59. The number of aliphatic hydroxyl groups excluding tert-OH is 1. The van der Waals surface area contributed by atoms with Gasteiger partial charge in [0.25, 0.3) is 0 Å². The van der Waals surface area contributed by atoms with E-state index < -0.39 is 6.10 Å². The van der Waals surface area contributed by atoms with Gasteiger partial charge in [-0.15, -0.1) is 0 Å². The average molecular weight is 375 g/mol. The molecule has 2 nitrogen and oxygen atoms in total. The van der Waals surface area contributed by atoms with Crippen molar-refractivity contribution in [1.29, 1.82) is 0 Å². The molecular weight excluding hydrogens is 365 g/mol. The minimum atomic E-state index is -0.772. The second kappa shape index (κ2) is 5.91. The first-order chi connectivity index (χ1) is 8.56. The summed E-state index contributed by atoms with van der Waals surface area (Å²) in [6.07, 6.45) is 2.97. The monoisotopic (exact) mass is 373 g/mol. The molecule has 1 unspecified atom stereocenters. The summed E-state index contributed by atoms with van der Waals surface area (Å²) in [6, 6.07) is 6.15. The van der Waals surface area contributed by atoms with Gasteiger partial charge < -0.3 is 5.11 Å². The topological polar surface area (TPSA) is 33.1 Å². The molecule has 94 valence electrons. The van der Waals surface area contributed by atoms with E-state index in [9.17, 15) is 9.50 Å². The van der Waals surface area contributed by atoms with Gasteiger partial charge in [-0.3, -0.25) is 4.98 Å². The van der Waals surface area contributed by atoms with E-state index in [1.165, 1.54) is 12.1 Å². The summed E-state index contributed by atoms with van der Waals surface area (Å²) in [5.74, 6) is -0.361. The molecular formula is C13H10Br2FNO. The number of hydrogen-bond acceptors (Lipinski definition) is 2. The standard InChI is InChI=1S/C13H10Br2FNO/c14-9-3-8(6-17-7-9)4-13(18)11-5-10(16)1-2-12(11)15/h1-3,5-7,13,18H,4H2. The van der Waals surface area contributed by atoms with Crippen LogP contribution in [0.5, 0.6) is 0 Å². The van der Waals surface area contributed by atoms with Crippen molar-refractivity contribution in [2.24, 2.45) is 0 Å². The van der Waals surface area contributed by atoms with E-state index in [1.807, 2.05) is 6.07 Å². The summed E-state index contributed by atoms with van der Waals surface area (Å²) in [4.78, 5) is 4.03. The second-order valence-electron chi connectivity index (χ2n) is 3.90. The van der Waals surface area contributed by atoms with Crippen LogP contribution in [0.4, 0.5) is 4.39 Å². The Hall–Kier alpha value is -0.780. The summed E-state index contributed by atoms with van der Waals surface area (Å²) >= 11 is 6.63. The average Bonchev–Trinajstić information content (AvgIpc) is 2.32. The fourth-order valence-electron chi connectivity index (χ4n) is 1.67. The minimum Gasteiger partial charge on any atom is -0.388 e. The van der Waals surface area contributed by atoms with Crippen molar-refractivity contribution in [1.82, 2.24) is 4.98 Å². The third-order valence-corrected chi connectivity index (χ3v) is 3.66. The van der Waals surface area contributed by atoms with E-state index in [2.05, 4.69) is 36.8 Å². The van der Waals surface area contributed by atoms with E-state index >= 15 is 0 Å². The van der Waals surface area contributed by atoms with Gasteiger partial charge in [-0.1, -0.05) is 15.9 Å². The van der Waals surface area contributed by atoms with Crippen LogP contribution >= 0.6 is 31.9 Å². The number of aliphatic hydroxyl groups is 1. The van der Waals surface area contributed by atoms with E-state index in [-0.39, 0.29) is 5.82 Å². The second-order valence-corrected chi connectivity index (χ2v) is 5.67. The number of nitrogens with zero attached hydrogens (tertiary/aromatic N) is 1. The number of benzene rings is 1. The zero-order valence-electron chi connectivity index (χ0n) is 9.28. The largest absolute Gasteiger partial charge is 0.388 e. The fraction of sp³-hybridized carbons (Fsp3) is 0.154. The Balaban J connectivity index is 2.21. The van der Waals surface area contributed by atoms with Gasteiger partial charge in [0.1, 0.15) is 5.82 Å².